The van der Waals surface area contributed by atoms with E-state index < -0.39 is 0 Å². The summed E-state index contributed by atoms with van der Waals surface area (Å²) < 4.78 is 6.54. The fourth-order valence-electron chi connectivity index (χ4n) is 4.93. The Hall–Kier alpha value is -3.02. The quantitative estimate of drug-likeness (QED) is 0.741. The molecule has 6 nitrogen and oxygen atoms in total. The number of urea groups is 1. The summed E-state index contributed by atoms with van der Waals surface area (Å²) in [7, 11) is 0. The second-order valence-electron chi connectivity index (χ2n) is 9.55. The van der Waals surface area contributed by atoms with Gasteiger partial charge in [-0.25, -0.2) is 4.79 Å². The number of amides is 3. The number of carbonyl (C=O) groups excluding carboxylic acids is 2. The van der Waals surface area contributed by atoms with Crippen molar-refractivity contribution in [1.82, 2.24) is 10.2 Å². The maximum atomic E-state index is 12.8. The molecule has 168 valence electrons. The number of benzene rings is 2. The number of aryl methyl sites for hydroxylation is 1. The van der Waals surface area contributed by atoms with E-state index in [0.29, 0.717) is 25.6 Å². The Labute approximate surface area is 189 Å². The van der Waals surface area contributed by atoms with Crippen LogP contribution < -0.4 is 15.4 Å². The molecular weight excluding hydrogens is 402 g/mol. The molecule has 0 bridgehead atoms. The van der Waals surface area contributed by atoms with Crippen molar-refractivity contribution < 1.29 is 14.3 Å². The third-order valence-corrected chi connectivity index (χ3v) is 6.94. The molecule has 2 aromatic carbocycles. The van der Waals surface area contributed by atoms with Gasteiger partial charge in [-0.05, 0) is 49.9 Å². The maximum absolute atomic E-state index is 12.8. The summed E-state index contributed by atoms with van der Waals surface area (Å²) >= 11 is 0. The number of hydrogen-bond donors (Lipinski definition) is 2. The van der Waals surface area contributed by atoms with Gasteiger partial charge in [0.1, 0.15) is 11.4 Å². The van der Waals surface area contributed by atoms with Crippen LogP contribution in [0, 0.1) is 6.92 Å². The van der Waals surface area contributed by atoms with Gasteiger partial charge >= 0.3 is 6.03 Å². The van der Waals surface area contributed by atoms with Gasteiger partial charge in [0.15, 0.2) is 0 Å². The van der Waals surface area contributed by atoms with Gasteiger partial charge < -0.3 is 20.3 Å². The molecule has 0 aromatic heterocycles. The van der Waals surface area contributed by atoms with Crippen LogP contribution in [0.1, 0.15) is 55.6 Å². The summed E-state index contributed by atoms with van der Waals surface area (Å²) in [6, 6.07) is 16.3. The van der Waals surface area contributed by atoms with Gasteiger partial charge in [0.2, 0.25) is 5.91 Å². The lowest BCUT2D eigenvalue weighted by molar-refractivity contribution is -0.122. The number of nitrogens with one attached hydrogen (secondary N) is 2. The van der Waals surface area contributed by atoms with Crippen LogP contribution in [0.4, 0.5) is 10.5 Å². The summed E-state index contributed by atoms with van der Waals surface area (Å²) in [4.78, 5) is 27.2. The standard InChI is InChI=1S/C26H31N3O3/c1-18-6-8-21(9-7-18)28-25(31)29-14-12-26(13-15-29)17-19(16-24(30)27-20-10-11-20)22-4-2-3-5-23(22)32-26/h2-9,19-20H,10-17H2,1H3,(H,27,30)(H,28,31)/t19-/m1/s1. The Balaban J connectivity index is 1.24. The fraction of sp³-hybridized carbons (Fsp3) is 0.462. The molecule has 3 aliphatic rings. The number of nitrogens with zero attached hydrogens (tertiary/aromatic N) is 1. The monoisotopic (exact) mass is 433 g/mol. The van der Waals surface area contributed by atoms with E-state index in [-0.39, 0.29) is 23.5 Å². The molecule has 1 aliphatic carbocycles. The molecule has 5 rings (SSSR count). The van der Waals surface area contributed by atoms with Crippen molar-refractivity contribution in [2.75, 3.05) is 18.4 Å². The lowest BCUT2D eigenvalue weighted by Gasteiger charge is -2.46. The van der Waals surface area contributed by atoms with E-state index in [4.69, 9.17) is 4.74 Å². The van der Waals surface area contributed by atoms with E-state index in [1.807, 2.05) is 54.3 Å². The number of para-hydroxylation sites is 1. The molecule has 0 unspecified atom stereocenters. The molecule has 0 radical (unpaired) electrons. The molecule has 2 aromatic rings. The van der Waals surface area contributed by atoms with Gasteiger partial charge in [0.05, 0.1) is 0 Å². The highest BCUT2D eigenvalue weighted by molar-refractivity contribution is 5.89. The second-order valence-corrected chi connectivity index (χ2v) is 9.55. The van der Waals surface area contributed by atoms with E-state index in [0.717, 1.165) is 54.7 Å². The number of anilines is 1. The Kier molecular flexibility index (Phi) is 5.53. The minimum absolute atomic E-state index is 0.0692. The number of carbonyl (C=O) groups is 2. The first-order chi connectivity index (χ1) is 15.5. The molecule has 2 fully saturated rings. The highest BCUT2D eigenvalue weighted by atomic mass is 16.5. The first-order valence-corrected chi connectivity index (χ1v) is 11.7. The summed E-state index contributed by atoms with van der Waals surface area (Å²) in [5.74, 6) is 1.17. The van der Waals surface area contributed by atoms with Crippen LogP contribution >= 0.6 is 0 Å². The minimum Gasteiger partial charge on any atom is -0.487 e. The molecular formula is C26H31N3O3. The Bertz CT molecular complexity index is 992. The van der Waals surface area contributed by atoms with Crippen LogP contribution in [0.15, 0.2) is 48.5 Å². The molecule has 1 atom stereocenters. The van der Waals surface area contributed by atoms with E-state index in [1.165, 1.54) is 0 Å². The predicted octanol–water partition coefficient (Wildman–Crippen LogP) is 4.60. The number of ether oxygens (including phenoxy) is 1. The van der Waals surface area contributed by atoms with Crippen LogP contribution in [0.3, 0.4) is 0 Å². The first-order valence-electron chi connectivity index (χ1n) is 11.7. The van der Waals surface area contributed by atoms with Crippen LogP contribution in [0.5, 0.6) is 5.75 Å². The second kappa shape index (κ2) is 8.49. The SMILES string of the molecule is Cc1ccc(NC(=O)N2CCC3(CC2)C[C@@H](CC(=O)NC2CC2)c2ccccc2O3)cc1. The van der Waals surface area contributed by atoms with E-state index >= 15 is 0 Å². The third kappa shape index (κ3) is 4.59. The van der Waals surface area contributed by atoms with Crippen molar-refractivity contribution in [1.29, 1.82) is 0 Å². The van der Waals surface area contributed by atoms with Crippen molar-refractivity contribution in [3.05, 3.63) is 59.7 Å². The highest BCUT2D eigenvalue weighted by Gasteiger charge is 2.44. The van der Waals surface area contributed by atoms with Crippen LogP contribution in [-0.4, -0.2) is 41.6 Å². The number of hydrogen-bond acceptors (Lipinski definition) is 3. The minimum atomic E-state index is -0.320. The van der Waals surface area contributed by atoms with Crippen molar-refractivity contribution in [3.63, 3.8) is 0 Å². The average molecular weight is 434 g/mol. The van der Waals surface area contributed by atoms with Crippen molar-refractivity contribution in [2.45, 2.75) is 63.0 Å². The number of rotatable bonds is 4. The Morgan fingerprint density at radius 2 is 1.78 bits per heavy atom. The zero-order chi connectivity index (χ0) is 22.1. The van der Waals surface area contributed by atoms with Crippen molar-refractivity contribution >= 4 is 17.6 Å². The first kappa shape index (κ1) is 20.9. The van der Waals surface area contributed by atoms with Crippen LogP contribution in [0.25, 0.3) is 0 Å². The molecule has 2 aliphatic heterocycles. The van der Waals surface area contributed by atoms with Crippen molar-refractivity contribution in [3.8, 4) is 5.75 Å². The number of piperidine rings is 1. The predicted molar refractivity (Wildman–Crippen MR) is 124 cm³/mol. The van der Waals surface area contributed by atoms with E-state index in [9.17, 15) is 9.59 Å². The van der Waals surface area contributed by atoms with Gasteiger partial charge in [-0.2, -0.15) is 0 Å². The highest BCUT2D eigenvalue weighted by Crippen LogP contribution is 2.46. The molecule has 1 saturated carbocycles. The lowest BCUT2D eigenvalue weighted by Crippen LogP contribution is -2.52. The van der Waals surface area contributed by atoms with Gasteiger partial charge in [-0.3, -0.25) is 4.79 Å². The molecule has 1 saturated heterocycles. The number of fused-ring (bicyclic) bond motifs is 1. The van der Waals surface area contributed by atoms with Gasteiger partial charge in [-0.1, -0.05) is 35.9 Å². The zero-order valence-electron chi connectivity index (χ0n) is 18.6. The maximum Gasteiger partial charge on any atom is 0.321 e. The normalized spacial score (nSPS) is 21.4. The molecule has 2 heterocycles. The van der Waals surface area contributed by atoms with Crippen LogP contribution in [0.2, 0.25) is 0 Å². The zero-order valence-corrected chi connectivity index (χ0v) is 18.6. The largest absolute Gasteiger partial charge is 0.487 e. The Morgan fingerprint density at radius 3 is 2.50 bits per heavy atom. The van der Waals surface area contributed by atoms with E-state index in [2.05, 4.69) is 16.7 Å². The van der Waals surface area contributed by atoms with Crippen LogP contribution in [-0.2, 0) is 4.79 Å². The summed E-state index contributed by atoms with van der Waals surface area (Å²) in [6.45, 7) is 3.31. The number of likely N-dealkylation sites (tertiary alicyclic amines) is 1. The molecule has 6 heteroatoms. The topological polar surface area (TPSA) is 70.7 Å². The van der Waals surface area contributed by atoms with Gasteiger partial charge in [0.25, 0.3) is 0 Å². The summed E-state index contributed by atoms with van der Waals surface area (Å²) in [6.07, 6.45) is 5.04. The van der Waals surface area contributed by atoms with Crippen molar-refractivity contribution in [2.24, 2.45) is 0 Å². The lowest BCUT2D eigenvalue weighted by atomic mass is 9.76. The van der Waals surface area contributed by atoms with E-state index in [1.54, 1.807) is 0 Å². The average Bonchev–Trinajstić information content (AvgIpc) is 3.59. The van der Waals surface area contributed by atoms with Gasteiger partial charge in [-0.15, -0.1) is 0 Å². The molecule has 1 spiro atoms. The molecule has 3 amide bonds. The molecule has 32 heavy (non-hydrogen) atoms. The summed E-state index contributed by atoms with van der Waals surface area (Å²) in [5, 5.41) is 6.13. The Morgan fingerprint density at radius 1 is 1.06 bits per heavy atom. The third-order valence-electron chi connectivity index (χ3n) is 6.94. The van der Waals surface area contributed by atoms with Gasteiger partial charge in [0, 0.05) is 50.0 Å². The fourth-order valence-corrected chi connectivity index (χ4v) is 4.93. The smallest absolute Gasteiger partial charge is 0.321 e. The summed E-state index contributed by atoms with van der Waals surface area (Å²) in [5.41, 5.74) is 2.78. The molecule has 2 N–H and O–H groups in total.